The molecule has 0 aromatic carbocycles. The molecule has 4 heteroatoms. The van der Waals surface area contributed by atoms with Crippen LogP contribution >= 0.6 is 24.8 Å². The van der Waals surface area contributed by atoms with Gasteiger partial charge in [0.05, 0.1) is 27.2 Å². The molecule has 0 radical (unpaired) electrons. The monoisotopic (exact) mass is 801 g/mol. The summed E-state index contributed by atoms with van der Waals surface area (Å²) in [6, 6.07) is 0. The second-order valence-electron chi connectivity index (χ2n) is 16.8. The summed E-state index contributed by atoms with van der Waals surface area (Å²) in [6.45, 7) is 7.39. The predicted octanol–water partition coefficient (Wildman–Crippen LogP) is 17.2. The van der Waals surface area contributed by atoms with Crippen LogP contribution in [0.5, 0.6) is 0 Å². The van der Waals surface area contributed by atoms with Gasteiger partial charge in [0.1, 0.15) is 0 Å². The Balaban J connectivity index is 0. The summed E-state index contributed by atoms with van der Waals surface area (Å²) in [6.07, 6.45) is 62.8. The smallest absolute Gasteiger partial charge is 0.0782 e. The van der Waals surface area contributed by atoms with Crippen molar-refractivity contribution < 1.29 is 23.6 Å². The molecular weight excluding hydrogens is 709 g/mol. The van der Waals surface area contributed by atoms with E-state index in [1.807, 2.05) is 0 Å². The summed E-state index contributed by atoms with van der Waals surface area (Å²) in [5.74, 6) is 0. The van der Waals surface area contributed by atoms with Crippen molar-refractivity contribution in [1.29, 1.82) is 0 Å². The number of unbranched alkanes of at least 4 members (excludes halogenated alkanes) is 30. The van der Waals surface area contributed by atoms with Crippen LogP contribution in [0.3, 0.4) is 0 Å². The Morgan fingerprint density at radius 1 is 0.385 bits per heavy atom. The summed E-state index contributed by atoms with van der Waals surface area (Å²) >= 11 is 0.0833. The minimum Gasteiger partial charge on any atom is -0.328 e. The van der Waals surface area contributed by atoms with Crippen LogP contribution in [-0.2, 0) is 19.2 Å². The minimum atomic E-state index is 0. The summed E-state index contributed by atoms with van der Waals surface area (Å²) < 4.78 is 4.61. The first kappa shape index (κ1) is 54.3. The molecule has 306 valence electrons. The molecule has 0 fully saturated rings. The Hall–Kier alpha value is 0.214. The van der Waals surface area contributed by atoms with Crippen molar-refractivity contribution in [2.45, 2.75) is 232 Å². The predicted molar refractivity (Wildman–Crippen MR) is 239 cm³/mol. The zero-order chi connectivity index (χ0) is 36.1. The van der Waals surface area contributed by atoms with E-state index in [-0.39, 0.29) is 44.0 Å². The van der Waals surface area contributed by atoms with Gasteiger partial charge in [0, 0.05) is 0 Å². The number of hydrogen-bond donors (Lipinski definition) is 0. The fourth-order valence-corrected chi connectivity index (χ4v) is 9.47. The molecule has 2 aliphatic carbocycles. The van der Waals surface area contributed by atoms with Gasteiger partial charge in [0.25, 0.3) is 0 Å². The zero-order valence-corrected chi connectivity index (χ0v) is 38.9. The van der Waals surface area contributed by atoms with E-state index in [0.717, 1.165) is 0 Å². The third-order valence-electron chi connectivity index (χ3n) is 11.1. The van der Waals surface area contributed by atoms with E-state index in [2.05, 4.69) is 64.4 Å². The minimum absolute atomic E-state index is 0. The average molecular weight is 802 g/mol. The van der Waals surface area contributed by atoms with Gasteiger partial charge in [0.2, 0.25) is 0 Å². The van der Waals surface area contributed by atoms with Crippen LogP contribution in [0.1, 0.15) is 232 Å². The number of halogens is 2. The van der Waals surface area contributed by atoms with Crippen LogP contribution in [0.4, 0.5) is 0 Å². The van der Waals surface area contributed by atoms with E-state index in [0.29, 0.717) is 0 Å². The first-order valence-electron chi connectivity index (χ1n) is 22.9. The maximum absolute atomic E-state index is 2.47. The molecule has 0 aromatic heterocycles. The SMILES string of the molecule is C1=CC[C]([Ti][C]2=CC=CC2)=C1.CCCCCCCCCCCCCCCCCC[N+](C)(C)CCCCCCCCCCCCCCCCCC.Cl.Cl. The van der Waals surface area contributed by atoms with Gasteiger partial charge in [-0.05, 0) is 25.7 Å². The van der Waals surface area contributed by atoms with Crippen molar-refractivity contribution in [3.63, 3.8) is 0 Å². The third-order valence-corrected chi connectivity index (χ3v) is 13.3. The van der Waals surface area contributed by atoms with Crippen molar-refractivity contribution in [3.05, 3.63) is 44.2 Å². The van der Waals surface area contributed by atoms with Crippen LogP contribution in [0.15, 0.2) is 44.2 Å². The van der Waals surface area contributed by atoms with Crippen molar-refractivity contribution >= 4 is 24.8 Å². The normalized spacial score (nSPS) is 13.3. The average Bonchev–Trinajstić information content (AvgIpc) is 3.83. The van der Waals surface area contributed by atoms with Crippen molar-refractivity contribution in [2.24, 2.45) is 0 Å². The zero-order valence-electron chi connectivity index (χ0n) is 35.7. The number of quaternary nitrogens is 1. The summed E-state index contributed by atoms with van der Waals surface area (Å²) in [5.41, 5.74) is 0. The van der Waals surface area contributed by atoms with Crippen molar-refractivity contribution in [1.82, 2.24) is 0 Å². The van der Waals surface area contributed by atoms with E-state index < -0.39 is 0 Å². The Labute approximate surface area is 349 Å². The Bertz CT molecular complexity index is 779. The van der Waals surface area contributed by atoms with Gasteiger partial charge in [-0.2, -0.15) is 0 Å². The molecule has 0 heterocycles. The Kier molecular flexibility index (Phi) is 44.2. The van der Waals surface area contributed by atoms with Crippen molar-refractivity contribution in [3.8, 4) is 0 Å². The van der Waals surface area contributed by atoms with E-state index in [1.165, 1.54) is 236 Å². The summed E-state index contributed by atoms with van der Waals surface area (Å²) in [7, 11) is 4.94. The van der Waals surface area contributed by atoms with E-state index in [4.69, 9.17) is 0 Å². The summed E-state index contributed by atoms with van der Waals surface area (Å²) in [5, 5.41) is 0. The number of rotatable bonds is 36. The molecule has 0 saturated carbocycles. The van der Waals surface area contributed by atoms with Crippen molar-refractivity contribution in [2.75, 3.05) is 27.2 Å². The van der Waals surface area contributed by atoms with Crippen LogP contribution in [0.2, 0.25) is 0 Å². The standard InChI is InChI=1S/C38H80N.2C5H5.2ClH.Ti/c1-5-7-9-11-13-15-17-19-21-23-25-27-29-31-33-35-37-39(3,4)38-36-34-32-30-28-26-24-22-20-18-16-14-12-10-8-6-2;2*1-2-4-5-3-1;;;/h5-38H2,1-4H3;2*1-3H,4H2;2*1H;/q+1;;;;;. The molecule has 0 bridgehead atoms. The van der Waals surface area contributed by atoms with E-state index in [9.17, 15) is 0 Å². The van der Waals surface area contributed by atoms with Crippen LogP contribution < -0.4 is 0 Å². The van der Waals surface area contributed by atoms with Gasteiger partial charge in [-0.1, -0.05) is 194 Å². The maximum Gasteiger partial charge on any atom is 0.0782 e. The molecule has 0 spiro atoms. The first-order valence-corrected chi connectivity index (χ1v) is 24.4. The molecule has 0 atom stereocenters. The van der Waals surface area contributed by atoms with E-state index >= 15 is 0 Å². The van der Waals surface area contributed by atoms with Gasteiger partial charge >= 0.3 is 76.2 Å². The Morgan fingerprint density at radius 3 is 0.827 bits per heavy atom. The topological polar surface area (TPSA) is 0 Å². The third kappa shape index (κ3) is 38.5. The maximum atomic E-state index is 2.47. The van der Waals surface area contributed by atoms with Crippen LogP contribution in [0.25, 0.3) is 0 Å². The number of allylic oxidation sites excluding steroid dienone is 8. The Morgan fingerprint density at radius 2 is 0.615 bits per heavy atom. The largest absolute Gasteiger partial charge is 0.328 e. The second-order valence-corrected chi connectivity index (χ2v) is 19.2. The molecule has 0 saturated heterocycles. The molecular formula is C48H92Cl2NTi+. The van der Waals surface area contributed by atoms with Gasteiger partial charge in [-0.3, -0.25) is 0 Å². The molecule has 0 aliphatic heterocycles. The molecule has 0 N–H and O–H groups in total. The van der Waals surface area contributed by atoms with Crippen LogP contribution in [0, 0.1) is 0 Å². The molecule has 2 rings (SSSR count). The van der Waals surface area contributed by atoms with Gasteiger partial charge < -0.3 is 4.48 Å². The number of nitrogens with zero attached hydrogens (tertiary/aromatic N) is 1. The molecule has 52 heavy (non-hydrogen) atoms. The molecule has 2 aliphatic rings. The first-order chi connectivity index (χ1) is 24.6. The molecule has 0 aromatic rings. The molecule has 0 amide bonds. The van der Waals surface area contributed by atoms with E-state index in [1.54, 1.807) is 7.76 Å². The van der Waals surface area contributed by atoms with Gasteiger partial charge in [-0.15, -0.1) is 24.8 Å². The second kappa shape index (κ2) is 42.4. The van der Waals surface area contributed by atoms with Gasteiger partial charge in [0.15, 0.2) is 0 Å². The summed E-state index contributed by atoms with van der Waals surface area (Å²) in [4.78, 5) is 0. The fourth-order valence-electron chi connectivity index (χ4n) is 7.57. The number of hydrogen-bond acceptors (Lipinski definition) is 0. The molecule has 0 unspecified atom stereocenters. The van der Waals surface area contributed by atoms with Crippen LogP contribution in [-0.4, -0.2) is 31.7 Å². The fraction of sp³-hybridized carbons (Fsp3) is 0.833. The van der Waals surface area contributed by atoms with Gasteiger partial charge in [-0.25, -0.2) is 0 Å². The quantitative estimate of drug-likeness (QED) is 0.0336. The molecule has 1 nitrogen and oxygen atoms in total.